The zero-order valence-electron chi connectivity index (χ0n) is 13.3. The predicted octanol–water partition coefficient (Wildman–Crippen LogP) is 2.66. The summed E-state index contributed by atoms with van der Waals surface area (Å²) in [6, 6.07) is 3.04. The van der Waals surface area contributed by atoms with Crippen molar-refractivity contribution in [3.63, 3.8) is 0 Å². The monoisotopic (exact) mass is 475 g/mol. The van der Waals surface area contributed by atoms with Gasteiger partial charge in [0, 0.05) is 37.5 Å². The Hall–Kier alpha value is -1.17. The van der Waals surface area contributed by atoms with Gasteiger partial charge in [0.25, 0.3) is 0 Å². The average molecular weight is 475 g/mol. The maximum absolute atomic E-state index is 12.6. The molecule has 0 saturated heterocycles. The second kappa shape index (κ2) is 10.6. The lowest BCUT2D eigenvalue weighted by Gasteiger charge is -2.15. The zero-order valence-corrected chi connectivity index (χ0v) is 16.5. The number of benzene rings is 1. The van der Waals surface area contributed by atoms with Crippen LogP contribution < -0.4 is 24.8 Å². The molecular formula is C14H20F2IN3O3S. The van der Waals surface area contributed by atoms with Crippen molar-refractivity contribution in [1.82, 2.24) is 10.6 Å². The highest BCUT2D eigenvalue weighted by Gasteiger charge is 2.20. The number of nitrogens with zero attached hydrogens (tertiary/aromatic N) is 1. The van der Waals surface area contributed by atoms with Crippen LogP contribution in [0.1, 0.15) is 5.56 Å². The minimum Gasteiger partial charge on any atom is -0.454 e. The molecule has 0 atom stereocenters. The first-order valence-electron chi connectivity index (χ1n) is 6.94. The van der Waals surface area contributed by atoms with Gasteiger partial charge in [0.2, 0.25) is 6.79 Å². The van der Waals surface area contributed by atoms with Crippen molar-refractivity contribution in [3.8, 4) is 17.2 Å². The van der Waals surface area contributed by atoms with Crippen molar-refractivity contribution in [2.75, 3.05) is 32.4 Å². The molecule has 0 fully saturated rings. The Morgan fingerprint density at radius 3 is 2.67 bits per heavy atom. The normalized spacial score (nSPS) is 12.8. The smallest absolute Gasteiger partial charge is 0.387 e. The lowest BCUT2D eigenvalue weighted by atomic mass is 10.1. The van der Waals surface area contributed by atoms with Gasteiger partial charge >= 0.3 is 6.61 Å². The topological polar surface area (TPSA) is 64.1 Å². The number of hydrogen-bond acceptors (Lipinski definition) is 5. The van der Waals surface area contributed by atoms with Crippen LogP contribution >= 0.6 is 35.7 Å². The summed E-state index contributed by atoms with van der Waals surface area (Å²) in [5.41, 5.74) is 0.530. The van der Waals surface area contributed by atoms with Crippen LogP contribution in [0.5, 0.6) is 17.2 Å². The number of fused-ring (bicyclic) bond motifs is 1. The van der Waals surface area contributed by atoms with E-state index >= 15 is 0 Å². The molecule has 0 saturated carbocycles. The molecule has 0 radical (unpaired) electrons. The lowest BCUT2D eigenvalue weighted by Crippen LogP contribution is -2.38. The van der Waals surface area contributed by atoms with Gasteiger partial charge in [-0.05, 0) is 12.3 Å². The van der Waals surface area contributed by atoms with Crippen LogP contribution in [0.3, 0.4) is 0 Å². The van der Waals surface area contributed by atoms with Crippen LogP contribution in [-0.2, 0) is 6.54 Å². The summed E-state index contributed by atoms with van der Waals surface area (Å²) in [6.45, 7) is -1.83. The van der Waals surface area contributed by atoms with Crippen molar-refractivity contribution in [2.45, 2.75) is 13.2 Å². The van der Waals surface area contributed by atoms with E-state index in [0.29, 0.717) is 23.0 Å². The highest BCUT2D eigenvalue weighted by Crippen LogP contribution is 2.38. The van der Waals surface area contributed by atoms with E-state index in [2.05, 4.69) is 20.4 Å². The predicted molar refractivity (Wildman–Crippen MR) is 101 cm³/mol. The number of aliphatic imine (C=N–C) groups is 1. The van der Waals surface area contributed by atoms with E-state index < -0.39 is 6.61 Å². The van der Waals surface area contributed by atoms with E-state index in [9.17, 15) is 8.78 Å². The summed E-state index contributed by atoms with van der Waals surface area (Å²) in [4.78, 5) is 4.08. The van der Waals surface area contributed by atoms with Gasteiger partial charge in [-0.25, -0.2) is 0 Å². The molecular weight excluding hydrogens is 455 g/mol. The Kier molecular flexibility index (Phi) is 9.26. The maximum atomic E-state index is 12.6. The molecule has 1 aromatic carbocycles. The molecule has 1 aromatic rings. The summed E-state index contributed by atoms with van der Waals surface area (Å²) < 4.78 is 40.2. The molecule has 1 heterocycles. The van der Waals surface area contributed by atoms with Crippen LogP contribution in [0, 0.1) is 0 Å². The van der Waals surface area contributed by atoms with Gasteiger partial charge in [-0.2, -0.15) is 20.5 Å². The first-order chi connectivity index (χ1) is 11.1. The molecule has 136 valence electrons. The van der Waals surface area contributed by atoms with Crippen molar-refractivity contribution >= 4 is 41.7 Å². The van der Waals surface area contributed by atoms with Crippen LogP contribution in [0.4, 0.5) is 8.78 Å². The summed E-state index contributed by atoms with van der Waals surface area (Å²) in [5.74, 6) is 2.47. The number of thioether (sulfide) groups is 1. The van der Waals surface area contributed by atoms with Crippen LogP contribution in [0.15, 0.2) is 17.1 Å². The maximum Gasteiger partial charge on any atom is 0.387 e. The minimum absolute atomic E-state index is 0. The minimum atomic E-state index is -2.91. The van der Waals surface area contributed by atoms with Crippen molar-refractivity contribution in [3.05, 3.63) is 17.7 Å². The van der Waals surface area contributed by atoms with Crippen molar-refractivity contribution in [1.29, 1.82) is 0 Å². The number of hydrogen-bond donors (Lipinski definition) is 2. The molecule has 0 unspecified atom stereocenters. The summed E-state index contributed by atoms with van der Waals surface area (Å²) in [6.07, 6.45) is 2.01. The fourth-order valence-electron chi connectivity index (χ4n) is 1.98. The average Bonchev–Trinajstić information content (AvgIpc) is 2.97. The Morgan fingerprint density at radius 1 is 1.33 bits per heavy atom. The Morgan fingerprint density at radius 2 is 2.04 bits per heavy atom. The third kappa shape index (κ3) is 6.04. The van der Waals surface area contributed by atoms with Gasteiger partial charge < -0.3 is 24.8 Å². The van der Waals surface area contributed by atoms with Gasteiger partial charge in [0.1, 0.15) is 5.75 Å². The quantitative estimate of drug-likeness (QED) is 0.274. The number of guanidine groups is 1. The molecule has 10 heteroatoms. The van der Waals surface area contributed by atoms with E-state index in [1.54, 1.807) is 24.9 Å². The lowest BCUT2D eigenvalue weighted by molar-refractivity contribution is -0.0505. The highest BCUT2D eigenvalue weighted by molar-refractivity contribution is 14.0. The standard InChI is InChI=1S/C14H19F2N3O3S.HI/c1-17-14(18-3-4-23-2)19-7-9-5-11-12(21-8-20-11)6-10(9)22-13(15)16;/h5-6,13H,3-4,7-8H2,1-2H3,(H2,17,18,19);1H. The van der Waals surface area contributed by atoms with Crippen LogP contribution in [0.2, 0.25) is 0 Å². The molecule has 2 rings (SSSR count). The largest absolute Gasteiger partial charge is 0.454 e. The first-order valence-corrected chi connectivity index (χ1v) is 8.34. The molecule has 6 nitrogen and oxygen atoms in total. The van der Waals surface area contributed by atoms with E-state index in [0.717, 1.165) is 12.3 Å². The fourth-order valence-corrected chi connectivity index (χ4v) is 2.29. The summed E-state index contributed by atoms with van der Waals surface area (Å²) in [5, 5.41) is 6.18. The number of nitrogens with one attached hydrogen (secondary N) is 2. The third-order valence-electron chi connectivity index (χ3n) is 3.04. The van der Waals surface area contributed by atoms with Gasteiger partial charge in [-0.15, -0.1) is 24.0 Å². The first kappa shape index (κ1) is 20.9. The highest BCUT2D eigenvalue weighted by atomic mass is 127. The van der Waals surface area contributed by atoms with E-state index in [1.165, 1.54) is 6.07 Å². The molecule has 2 N–H and O–H groups in total. The second-order valence-electron chi connectivity index (χ2n) is 4.54. The molecule has 1 aliphatic rings. The number of ether oxygens (including phenoxy) is 3. The number of rotatable bonds is 7. The molecule has 1 aliphatic heterocycles. The Labute approximate surface area is 160 Å². The molecule has 0 bridgehead atoms. The molecule has 0 aliphatic carbocycles. The second-order valence-corrected chi connectivity index (χ2v) is 5.52. The number of halogens is 3. The van der Waals surface area contributed by atoms with Crippen molar-refractivity contribution < 1.29 is 23.0 Å². The van der Waals surface area contributed by atoms with Gasteiger partial charge in [-0.3, -0.25) is 4.99 Å². The molecule has 0 spiro atoms. The zero-order chi connectivity index (χ0) is 16.7. The molecule has 24 heavy (non-hydrogen) atoms. The van der Waals surface area contributed by atoms with E-state index in [1.807, 2.05) is 6.26 Å². The van der Waals surface area contributed by atoms with E-state index in [4.69, 9.17) is 9.47 Å². The summed E-state index contributed by atoms with van der Waals surface area (Å²) in [7, 11) is 1.64. The molecule has 0 aromatic heterocycles. The fraction of sp³-hybridized carbons (Fsp3) is 0.500. The van der Waals surface area contributed by atoms with Gasteiger partial charge in [-0.1, -0.05) is 0 Å². The Balaban J connectivity index is 0.00000288. The molecule has 0 amide bonds. The Bertz CT molecular complexity index is 564. The van der Waals surface area contributed by atoms with Crippen molar-refractivity contribution in [2.24, 2.45) is 4.99 Å². The van der Waals surface area contributed by atoms with Crippen LogP contribution in [0.25, 0.3) is 0 Å². The van der Waals surface area contributed by atoms with E-state index in [-0.39, 0.29) is 43.1 Å². The van der Waals surface area contributed by atoms with Gasteiger partial charge in [0.05, 0.1) is 0 Å². The SMILES string of the molecule is CN=C(NCCSC)NCc1cc2c(cc1OC(F)F)OCO2.I. The summed E-state index contributed by atoms with van der Waals surface area (Å²) >= 11 is 1.71. The third-order valence-corrected chi connectivity index (χ3v) is 3.65. The van der Waals surface area contributed by atoms with Crippen LogP contribution in [-0.4, -0.2) is 45.0 Å². The van der Waals surface area contributed by atoms with Gasteiger partial charge in [0.15, 0.2) is 17.5 Å². The number of alkyl halides is 2.